The van der Waals surface area contributed by atoms with Gasteiger partial charge >= 0.3 is 0 Å². The van der Waals surface area contributed by atoms with Crippen LogP contribution in [0.25, 0.3) is 10.2 Å². The molecule has 0 bridgehead atoms. The van der Waals surface area contributed by atoms with Gasteiger partial charge in [-0.2, -0.15) is 4.98 Å². The van der Waals surface area contributed by atoms with Crippen molar-refractivity contribution in [2.75, 3.05) is 33.6 Å². The summed E-state index contributed by atoms with van der Waals surface area (Å²) in [5.74, 6) is 0.608. The Hall–Kier alpha value is -1.82. The molecular formula is C17H24N4O5S2. The number of carbonyl (C=O) groups is 1. The third-order valence-electron chi connectivity index (χ3n) is 4.83. The Labute approximate surface area is 168 Å². The van der Waals surface area contributed by atoms with Crippen LogP contribution in [0.15, 0.2) is 0 Å². The van der Waals surface area contributed by atoms with Crippen molar-refractivity contribution in [3.63, 3.8) is 0 Å². The number of thiophene rings is 1. The zero-order chi connectivity index (χ0) is 20.5. The van der Waals surface area contributed by atoms with Crippen molar-refractivity contribution in [2.24, 2.45) is 0 Å². The molecule has 154 valence electrons. The summed E-state index contributed by atoms with van der Waals surface area (Å²) < 4.78 is 36.7. The van der Waals surface area contributed by atoms with Gasteiger partial charge in [-0.05, 0) is 32.4 Å². The number of hydrogen-bond donors (Lipinski definition) is 1. The molecule has 1 amide bonds. The van der Waals surface area contributed by atoms with Gasteiger partial charge in [0.2, 0.25) is 15.9 Å². The molecule has 11 heteroatoms. The number of aromatic nitrogens is 2. The summed E-state index contributed by atoms with van der Waals surface area (Å²) in [5, 5.41) is 0.703. The molecule has 0 saturated carbocycles. The smallest absolute Gasteiger partial charge is 0.264 e. The lowest BCUT2D eigenvalue weighted by Crippen LogP contribution is -2.41. The number of aryl methyl sites for hydroxylation is 1. The summed E-state index contributed by atoms with van der Waals surface area (Å²) >= 11 is 1.27. The molecule has 0 spiro atoms. The van der Waals surface area contributed by atoms with E-state index in [1.165, 1.54) is 25.5 Å². The maximum absolute atomic E-state index is 13.2. The van der Waals surface area contributed by atoms with Crippen LogP contribution in [0, 0.1) is 6.92 Å². The van der Waals surface area contributed by atoms with E-state index in [2.05, 4.69) is 14.7 Å². The first-order valence-electron chi connectivity index (χ1n) is 8.86. The van der Waals surface area contributed by atoms with Gasteiger partial charge in [-0.1, -0.05) is 0 Å². The highest BCUT2D eigenvalue weighted by Gasteiger charge is 2.34. The first-order valence-corrected chi connectivity index (χ1v) is 11.3. The molecule has 9 nitrogen and oxygen atoms in total. The molecule has 3 rings (SSSR count). The summed E-state index contributed by atoms with van der Waals surface area (Å²) in [6.45, 7) is 2.61. The molecule has 2 aromatic rings. The van der Waals surface area contributed by atoms with E-state index >= 15 is 0 Å². The van der Waals surface area contributed by atoms with Gasteiger partial charge in [0.25, 0.3) is 5.91 Å². The fraction of sp³-hybridized carbons (Fsp3) is 0.588. The molecule has 3 heterocycles. The molecule has 1 unspecified atom stereocenters. The largest absolute Gasteiger partial charge is 0.480 e. The van der Waals surface area contributed by atoms with Crippen LogP contribution in [-0.2, 0) is 21.4 Å². The van der Waals surface area contributed by atoms with Gasteiger partial charge in [0.05, 0.1) is 23.1 Å². The summed E-state index contributed by atoms with van der Waals surface area (Å²) in [6.07, 6.45) is 1.44. The minimum Gasteiger partial charge on any atom is -0.480 e. The van der Waals surface area contributed by atoms with Crippen molar-refractivity contribution in [3.05, 3.63) is 16.3 Å². The third kappa shape index (κ3) is 3.97. The van der Waals surface area contributed by atoms with Gasteiger partial charge in [-0.3, -0.25) is 4.79 Å². The Morgan fingerprint density at radius 2 is 2.11 bits per heavy atom. The lowest BCUT2D eigenvalue weighted by atomic mass is 10.2. The van der Waals surface area contributed by atoms with E-state index in [1.807, 2.05) is 6.92 Å². The second kappa shape index (κ2) is 8.27. The zero-order valence-electron chi connectivity index (χ0n) is 16.3. The number of sulfonamides is 1. The quantitative estimate of drug-likeness (QED) is 0.708. The molecule has 1 atom stereocenters. The lowest BCUT2D eigenvalue weighted by molar-refractivity contribution is 0.0753. The number of nitrogens with zero attached hydrogens (tertiary/aromatic N) is 3. The number of nitrogens with one attached hydrogen (secondary N) is 1. The maximum atomic E-state index is 13.2. The van der Waals surface area contributed by atoms with Crippen LogP contribution < -0.4 is 9.46 Å². The van der Waals surface area contributed by atoms with Gasteiger partial charge in [0.1, 0.15) is 11.4 Å². The van der Waals surface area contributed by atoms with Gasteiger partial charge in [-0.15, -0.1) is 11.3 Å². The van der Waals surface area contributed by atoms with Crippen molar-refractivity contribution >= 4 is 37.5 Å². The van der Waals surface area contributed by atoms with Crippen molar-refractivity contribution in [1.29, 1.82) is 0 Å². The molecule has 0 aromatic carbocycles. The van der Waals surface area contributed by atoms with Gasteiger partial charge in [-0.25, -0.2) is 18.1 Å². The highest BCUT2D eigenvalue weighted by Crippen LogP contribution is 2.36. The number of hydrogen-bond acceptors (Lipinski definition) is 8. The van der Waals surface area contributed by atoms with Crippen molar-refractivity contribution in [1.82, 2.24) is 19.6 Å². The number of fused-ring (bicyclic) bond motifs is 1. The Bertz CT molecular complexity index is 989. The number of ether oxygens (including phenoxy) is 2. The third-order valence-corrected chi connectivity index (χ3v) is 7.44. The number of likely N-dealkylation sites (tertiary alicyclic amines) is 1. The van der Waals surface area contributed by atoms with E-state index in [0.717, 1.165) is 12.0 Å². The van der Waals surface area contributed by atoms with Crippen LogP contribution in [0.4, 0.5) is 0 Å². The number of methoxy groups -OCH3 is 2. The van der Waals surface area contributed by atoms with E-state index < -0.39 is 10.0 Å². The summed E-state index contributed by atoms with van der Waals surface area (Å²) in [4.78, 5) is 24.9. The second-order valence-electron chi connectivity index (χ2n) is 6.60. The molecule has 1 fully saturated rings. The molecule has 0 radical (unpaired) electrons. The van der Waals surface area contributed by atoms with E-state index in [9.17, 15) is 13.2 Å². The zero-order valence-corrected chi connectivity index (χ0v) is 17.9. The van der Waals surface area contributed by atoms with Crippen LogP contribution >= 0.6 is 11.3 Å². The Morgan fingerprint density at radius 3 is 2.75 bits per heavy atom. The first-order chi connectivity index (χ1) is 13.3. The van der Waals surface area contributed by atoms with Crippen LogP contribution in [0.5, 0.6) is 5.88 Å². The topological polar surface area (TPSA) is 111 Å². The molecule has 28 heavy (non-hydrogen) atoms. The van der Waals surface area contributed by atoms with Gasteiger partial charge in [0, 0.05) is 19.7 Å². The maximum Gasteiger partial charge on any atom is 0.264 e. The van der Waals surface area contributed by atoms with Crippen LogP contribution in [0.3, 0.4) is 0 Å². The number of rotatable bonds is 7. The van der Waals surface area contributed by atoms with Crippen molar-refractivity contribution < 1.29 is 22.7 Å². The SMILES string of the molecule is CNS(=O)(=O)CC1CCCN1C(=O)c1sc2nc(COC)nc(OC)c2c1C. The molecule has 1 aliphatic heterocycles. The Kier molecular flexibility index (Phi) is 6.18. The summed E-state index contributed by atoms with van der Waals surface area (Å²) in [5.41, 5.74) is 0.743. The molecule has 0 aliphatic carbocycles. The van der Waals surface area contributed by atoms with Crippen LogP contribution in [0.1, 0.15) is 33.9 Å². The predicted octanol–water partition coefficient (Wildman–Crippen LogP) is 1.31. The van der Waals surface area contributed by atoms with E-state index in [0.29, 0.717) is 39.8 Å². The minimum absolute atomic E-state index is 0.0969. The van der Waals surface area contributed by atoms with Crippen molar-refractivity contribution in [3.8, 4) is 5.88 Å². The highest BCUT2D eigenvalue weighted by molar-refractivity contribution is 7.89. The molecular weight excluding hydrogens is 404 g/mol. The second-order valence-corrected chi connectivity index (χ2v) is 9.57. The Morgan fingerprint density at radius 1 is 1.36 bits per heavy atom. The van der Waals surface area contributed by atoms with Gasteiger partial charge in [0.15, 0.2) is 5.82 Å². The fourth-order valence-electron chi connectivity index (χ4n) is 3.43. The van der Waals surface area contributed by atoms with Crippen molar-refractivity contribution in [2.45, 2.75) is 32.4 Å². The lowest BCUT2D eigenvalue weighted by Gasteiger charge is -2.24. The highest BCUT2D eigenvalue weighted by atomic mass is 32.2. The number of carbonyl (C=O) groups excluding carboxylic acids is 1. The Balaban J connectivity index is 1.98. The number of amides is 1. The van der Waals surface area contributed by atoms with Crippen LogP contribution in [-0.4, -0.2) is 68.8 Å². The first kappa shape index (κ1) is 20.9. The standard InChI is InChI=1S/C17H24N4O5S2/c1-10-13-15(26-4)19-12(8-25-3)20-16(13)27-14(10)17(22)21-7-5-6-11(21)9-28(23,24)18-2/h11,18H,5-9H2,1-4H3. The molecule has 1 N–H and O–H groups in total. The minimum atomic E-state index is -3.41. The molecule has 1 saturated heterocycles. The summed E-state index contributed by atoms with van der Waals surface area (Å²) in [6, 6.07) is -0.341. The predicted molar refractivity (Wildman–Crippen MR) is 106 cm³/mol. The summed E-state index contributed by atoms with van der Waals surface area (Å²) in [7, 11) is 1.06. The normalized spacial score (nSPS) is 17.4. The van der Waals surface area contributed by atoms with E-state index in [-0.39, 0.29) is 24.3 Å². The average Bonchev–Trinajstić information content (AvgIpc) is 3.25. The van der Waals surface area contributed by atoms with Gasteiger partial charge < -0.3 is 14.4 Å². The monoisotopic (exact) mass is 428 g/mol. The van der Waals surface area contributed by atoms with Crippen LogP contribution in [0.2, 0.25) is 0 Å². The average molecular weight is 429 g/mol. The molecule has 2 aromatic heterocycles. The van der Waals surface area contributed by atoms with E-state index in [1.54, 1.807) is 12.0 Å². The van der Waals surface area contributed by atoms with E-state index in [4.69, 9.17) is 9.47 Å². The fourth-order valence-corrected chi connectivity index (χ4v) is 5.60. The molecule has 1 aliphatic rings.